The quantitative estimate of drug-likeness (QED) is 0.370. The topological polar surface area (TPSA) is 109 Å². The molecule has 2 aromatic carbocycles. The number of carbonyl (C=O) groups is 2. The third-order valence-corrected chi connectivity index (χ3v) is 7.84. The number of aromatic amines is 1. The zero-order valence-corrected chi connectivity index (χ0v) is 21.8. The molecule has 5 rings (SSSR count). The van der Waals surface area contributed by atoms with Crippen LogP contribution >= 0.6 is 0 Å². The van der Waals surface area contributed by atoms with Gasteiger partial charge < -0.3 is 24.8 Å². The van der Waals surface area contributed by atoms with Crippen LogP contribution in [-0.2, 0) is 11.2 Å². The molecule has 1 aromatic heterocycles. The van der Waals surface area contributed by atoms with Crippen LogP contribution in [0.5, 0.6) is 11.5 Å². The van der Waals surface area contributed by atoms with Gasteiger partial charge in [-0.3, -0.25) is 14.6 Å². The number of carbonyl (C=O) groups excluding carboxylic acids is 2. The first kappa shape index (κ1) is 26.0. The Morgan fingerprint density at radius 3 is 2.71 bits per heavy atom. The Kier molecular flexibility index (Phi) is 6.79. The lowest BCUT2D eigenvalue weighted by Crippen LogP contribution is -2.53. The molecule has 0 aliphatic carbocycles. The lowest BCUT2D eigenvalue weighted by Gasteiger charge is -2.42. The number of ether oxygens (including phenoxy) is 1. The monoisotopic (exact) mass is 524 g/mol. The molecule has 0 spiro atoms. The Morgan fingerprint density at radius 1 is 1.24 bits per heavy atom. The van der Waals surface area contributed by atoms with Crippen molar-refractivity contribution >= 4 is 22.8 Å². The number of aromatic hydroxyl groups is 1. The van der Waals surface area contributed by atoms with Gasteiger partial charge in [0.15, 0.2) is 11.6 Å². The van der Waals surface area contributed by atoms with Crippen LogP contribution in [0, 0.1) is 5.82 Å². The van der Waals surface area contributed by atoms with Gasteiger partial charge in [0.25, 0.3) is 5.91 Å². The molecule has 3 heterocycles. The number of nitrogens with zero attached hydrogens (tertiary/aromatic N) is 3. The van der Waals surface area contributed by atoms with Crippen LogP contribution < -0.4 is 4.74 Å². The maximum atomic E-state index is 14.6. The molecule has 10 heteroatoms. The number of methoxy groups -OCH3 is 1. The van der Waals surface area contributed by atoms with Crippen LogP contribution in [0.4, 0.5) is 9.18 Å². The number of phenols is 1. The van der Waals surface area contributed by atoms with E-state index in [0.29, 0.717) is 36.3 Å². The SMILES string of the molecule is CCN(CCO)CCCN1C(=O)N2[C@H](c3cccc(O)c3)c3[nH]c4cc(F)c(OC)cc4c3C[C@@]2(C)C1=O. The third-order valence-electron chi connectivity index (χ3n) is 7.84. The Balaban J connectivity index is 1.58. The number of fused-ring (bicyclic) bond motifs is 4. The number of likely N-dealkylation sites (N-methyl/N-ethyl adjacent to an activating group) is 1. The van der Waals surface area contributed by atoms with Crippen LogP contribution in [0.1, 0.15) is 43.1 Å². The summed E-state index contributed by atoms with van der Waals surface area (Å²) < 4.78 is 19.8. The largest absolute Gasteiger partial charge is 0.508 e. The van der Waals surface area contributed by atoms with Crippen molar-refractivity contribution < 1.29 is 28.9 Å². The number of H-pyrrole nitrogens is 1. The van der Waals surface area contributed by atoms with Crippen molar-refractivity contribution in [1.82, 2.24) is 19.7 Å². The summed E-state index contributed by atoms with van der Waals surface area (Å²) in [5.74, 6) is -0.662. The maximum absolute atomic E-state index is 14.6. The molecular formula is C28H33FN4O5. The van der Waals surface area contributed by atoms with Gasteiger partial charge in [0.2, 0.25) is 0 Å². The number of aliphatic hydroxyl groups is 1. The predicted molar refractivity (Wildman–Crippen MR) is 140 cm³/mol. The molecule has 0 radical (unpaired) electrons. The molecule has 9 nitrogen and oxygen atoms in total. The molecule has 3 N–H and O–H groups in total. The average Bonchev–Trinajstić information content (AvgIpc) is 3.32. The van der Waals surface area contributed by atoms with E-state index in [-0.39, 0.29) is 37.0 Å². The molecule has 0 unspecified atom stereocenters. The minimum absolute atomic E-state index is 0.0403. The maximum Gasteiger partial charge on any atom is 0.328 e. The fourth-order valence-corrected chi connectivity index (χ4v) is 5.93. The van der Waals surface area contributed by atoms with Crippen LogP contribution in [0.2, 0.25) is 0 Å². The number of urea groups is 1. The van der Waals surface area contributed by atoms with Crippen molar-refractivity contribution in [2.24, 2.45) is 0 Å². The Labute approximate surface area is 220 Å². The van der Waals surface area contributed by atoms with E-state index in [0.717, 1.165) is 17.5 Å². The highest BCUT2D eigenvalue weighted by Gasteiger charge is 2.60. The summed E-state index contributed by atoms with van der Waals surface area (Å²) >= 11 is 0. The van der Waals surface area contributed by atoms with E-state index in [4.69, 9.17) is 4.74 Å². The van der Waals surface area contributed by atoms with Crippen molar-refractivity contribution in [3.8, 4) is 11.5 Å². The molecule has 2 aliphatic heterocycles. The van der Waals surface area contributed by atoms with Crippen LogP contribution in [0.15, 0.2) is 36.4 Å². The summed E-state index contributed by atoms with van der Waals surface area (Å²) in [6.07, 6.45) is 0.829. The van der Waals surface area contributed by atoms with Gasteiger partial charge in [-0.15, -0.1) is 0 Å². The van der Waals surface area contributed by atoms with Crippen molar-refractivity contribution in [3.63, 3.8) is 0 Å². The minimum Gasteiger partial charge on any atom is -0.508 e. The predicted octanol–water partition coefficient (Wildman–Crippen LogP) is 3.39. The number of benzene rings is 2. The fraction of sp³-hybridized carbons (Fsp3) is 0.429. The number of amides is 3. The van der Waals surface area contributed by atoms with Crippen molar-refractivity contribution in [2.45, 2.75) is 38.3 Å². The summed E-state index contributed by atoms with van der Waals surface area (Å²) in [5.41, 5.74) is 1.50. The van der Waals surface area contributed by atoms with E-state index >= 15 is 0 Å². The number of phenolic OH excluding ortho intramolecular Hbond substituents is 1. The molecular weight excluding hydrogens is 491 g/mol. The summed E-state index contributed by atoms with van der Waals surface area (Å²) in [5, 5.41) is 20.3. The van der Waals surface area contributed by atoms with E-state index in [1.807, 2.05) is 6.92 Å². The van der Waals surface area contributed by atoms with Crippen LogP contribution in [0.3, 0.4) is 0 Å². The zero-order valence-electron chi connectivity index (χ0n) is 21.8. The van der Waals surface area contributed by atoms with Crippen LogP contribution in [-0.4, -0.2) is 87.3 Å². The summed E-state index contributed by atoms with van der Waals surface area (Å²) in [4.78, 5) is 36.1. The smallest absolute Gasteiger partial charge is 0.328 e. The van der Waals surface area contributed by atoms with Crippen molar-refractivity contribution in [1.29, 1.82) is 0 Å². The molecule has 2 aliphatic rings. The minimum atomic E-state index is -1.17. The van der Waals surface area contributed by atoms with Crippen molar-refractivity contribution in [3.05, 3.63) is 59.0 Å². The van der Waals surface area contributed by atoms with Gasteiger partial charge in [-0.05, 0) is 55.8 Å². The molecule has 2 atom stereocenters. The van der Waals surface area contributed by atoms with E-state index in [2.05, 4.69) is 9.88 Å². The molecule has 1 fully saturated rings. The summed E-state index contributed by atoms with van der Waals surface area (Å²) in [6.45, 7) is 6.03. The van der Waals surface area contributed by atoms with Gasteiger partial charge in [0.1, 0.15) is 17.3 Å². The van der Waals surface area contributed by atoms with E-state index < -0.39 is 23.4 Å². The lowest BCUT2D eigenvalue weighted by atomic mass is 9.81. The summed E-state index contributed by atoms with van der Waals surface area (Å²) in [6, 6.07) is 8.53. The van der Waals surface area contributed by atoms with Gasteiger partial charge in [-0.1, -0.05) is 19.1 Å². The normalized spacial score (nSPS) is 20.9. The number of nitrogens with one attached hydrogen (secondary N) is 1. The Hall–Kier alpha value is -3.63. The van der Waals surface area contributed by atoms with Crippen molar-refractivity contribution in [2.75, 3.05) is 39.9 Å². The van der Waals surface area contributed by atoms with Gasteiger partial charge in [-0.2, -0.15) is 0 Å². The fourth-order valence-electron chi connectivity index (χ4n) is 5.93. The number of hydrogen-bond acceptors (Lipinski definition) is 6. The van der Waals surface area contributed by atoms with Crippen LogP contribution in [0.25, 0.3) is 10.9 Å². The number of aromatic nitrogens is 1. The van der Waals surface area contributed by atoms with E-state index in [1.54, 1.807) is 42.2 Å². The highest BCUT2D eigenvalue weighted by molar-refractivity contribution is 6.08. The first-order valence-corrected chi connectivity index (χ1v) is 12.9. The summed E-state index contributed by atoms with van der Waals surface area (Å²) in [7, 11) is 1.40. The standard InChI is InChI=1S/C28H33FN4O5/c1-4-31(11-12-34)9-6-10-32-26(36)28(2)16-20-19-14-23(38-3)21(29)15-22(19)30-24(20)25(33(28)27(32)37)17-7-5-8-18(35)13-17/h5,7-8,13-15,25,30,34-35H,4,6,9-12,16H2,1-3H3/t25-,28+/m1/s1. The second-order valence-electron chi connectivity index (χ2n) is 10.1. The second kappa shape index (κ2) is 9.92. The lowest BCUT2D eigenvalue weighted by molar-refractivity contribution is -0.133. The molecule has 38 heavy (non-hydrogen) atoms. The molecule has 0 saturated carbocycles. The molecule has 1 saturated heterocycles. The van der Waals surface area contributed by atoms with Gasteiger partial charge in [0, 0.05) is 42.2 Å². The number of aliphatic hydroxyl groups excluding tert-OH is 1. The molecule has 3 aromatic rings. The Morgan fingerprint density at radius 2 is 2.03 bits per heavy atom. The van der Waals surface area contributed by atoms with E-state index in [1.165, 1.54) is 18.1 Å². The van der Waals surface area contributed by atoms with Gasteiger partial charge in [0.05, 0.1) is 13.7 Å². The molecule has 202 valence electrons. The van der Waals surface area contributed by atoms with E-state index in [9.17, 15) is 24.2 Å². The first-order valence-electron chi connectivity index (χ1n) is 12.9. The van der Waals surface area contributed by atoms with Gasteiger partial charge >= 0.3 is 6.03 Å². The number of imide groups is 1. The third kappa shape index (κ3) is 4.08. The molecule has 3 amide bonds. The number of halogens is 1. The highest BCUT2D eigenvalue weighted by atomic mass is 19.1. The molecule has 0 bridgehead atoms. The van der Waals surface area contributed by atoms with Gasteiger partial charge in [-0.25, -0.2) is 9.18 Å². The number of rotatable bonds is 9. The zero-order chi connectivity index (χ0) is 27.2. The highest BCUT2D eigenvalue weighted by Crippen LogP contribution is 2.49. The second-order valence-corrected chi connectivity index (χ2v) is 10.1. The average molecular weight is 525 g/mol. The first-order chi connectivity index (χ1) is 18.2. The Bertz CT molecular complexity index is 1390. The number of hydrogen-bond donors (Lipinski definition) is 3.